The van der Waals surface area contributed by atoms with E-state index in [4.69, 9.17) is 4.74 Å². The molecule has 3 rings (SSSR count). The number of amides is 3. The summed E-state index contributed by atoms with van der Waals surface area (Å²) in [7, 11) is 0. The Morgan fingerprint density at radius 1 is 0.875 bits per heavy atom. The van der Waals surface area contributed by atoms with E-state index >= 15 is 0 Å². The van der Waals surface area contributed by atoms with Crippen LogP contribution in [0.2, 0.25) is 0 Å². The normalized spacial score (nSPS) is 14.4. The molecule has 0 unspecified atom stereocenters. The topological polar surface area (TPSA) is 87.7 Å². The highest BCUT2D eigenvalue weighted by molar-refractivity contribution is 5.85. The molecule has 2 aromatic carbocycles. The lowest BCUT2D eigenvalue weighted by atomic mass is 9.90. The van der Waals surface area contributed by atoms with Crippen LogP contribution >= 0.6 is 0 Å². The molecule has 7 heteroatoms. The molecular weight excluding hydrogens is 502 g/mol. The number of hydrogen-bond donors (Lipinski definition) is 2. The van der Waals surface area contributed by atoms with Gasteiger partial charge in [0.15, 0.2) is 0 Å². The number of benzene rings is 2. The van der Waals surface area contributed by atoms with Crippen LogP contribution in [0.5, 0.6) is 0 Å². The number of hydrogen-bond acceptors (Lipinski definition) is 4. The number of unbranched alkanes of at least 4 members (excludes halogenated alkanes) is 4. The minimum absolute atomic E-state index is 0.0465. The van der Waals surface area contributed by atoms with E-state index in [2.05, 4.69) is 41.8 Å². The van der Waals surface area contributed by atoms with Crippen LogP contribution in [0.4, 0.5) is 4.79 Å². The predicted molar refractivity (Wildman–Crippen MR) is 159 cm³/mol. The van der Waals surface area contributed by atoms with Crippen LogP contribution in [-0.2, 0) is 27.4 Å². The van der Waals surface area contributed by atoms with Gasteiger partial charge in [-0.3, -0.25) is 9.59 Å². The molecular formula is C33H47N3O4. The van der Waals surface area contributed by atoms with Crippen molar-refractivity contribution in [1.82, 2.24) is 15.5 Å². The lowest BCUT2D eigenvalue weighted by Crippen LogP contribution is -2.51. The van der Waals surface area contributed by atoms with Gasteiger partial charge in [-0.15, -0.1) is 0 Å². The highest BCUT2D eigenvalue weighted by Crippen LogP contribution is 2.22. The maximum atomic E-state index is 13.5. The standard InChI is InChI=1S/C33H47N3O4/c1-2-3-4-11-19-31(37)34-22-13-12-18-30(35-33(39)40-26-29-16-9-6-10-17-29)32(38)36-23-20-28(21-24-36)25-27-14-7-5-8-15-27/h5-10,14-17,28,30H,2-4,11-13,18-26H2,1H3,(H,34,37)(H,35,39)/t30-/m0/s1. The average Bonchev–Trinajstić information content (AvgIpc) is 2.98. The summed E-state index contributed by atoms with van der Waals surface area (Å²) >= 11 is 0. The Labute approximate surface area is 240 Å². The van der Waals surface area contributed by atoms with Gasteiger partial charge < -0.3 is 20.3 Å². The summed E-state index contributed by atoms with van der Waals surface area (Å²) in [6.07, 6.45) is 9.23. The number of carbonyl (C=O) groups excluding carboxylic acids is 3. The first kappa shape index (κ1) is 31.2. The molecule has 1 aliphatic rings. The zero-order valence-corrected chi connectivity index (χ0v) is 24.1. The molecule has 218 valence electrons. The average molecular weight is 550 g/mol. The van der Waals surface area contributed by atoms with E-state index in [1.807, 2.05) is 41.3 Å². The van der Waals surface area contributed by atoms with E-state index in [9.17, 15) is 14.4 Å². The summed E-state index contributed by atoms with van der Waals surface area (Å²) in [6.45, 7) is 4.28. The quantitative estimate of drug-likeness (QED) is 0.251. The van der Waals surface area contributed by atoms with E-state index in [-0.39, 0.29) is 18.4 Å². The van der Waals surface area contributed by atoms with Crippen molar-refractivity contribution in [2.24, 2.45) is 5.92 Å². The number of piperidine rings is 1. The molecule has 0 saturated carbocycles. The molecule has 1 atom stereocenters. The van der Waals surface area contributed by atoms with Crippen molar-refractivity contribution in [2.45, 2.75) is 90.2 Å². The van der Waals surface area contributed by atoms with Gasteiger partial charge in [0.1, 0.15) is 12.6 Å². The Morgan fingerprint density at radius 2 is 1.55 bits per heavy atom. The second-order valence-corrected chi connectivity index (χ2v) is 10.9. The molecule has 0 radical (unpaired) electrons. The third-order valence-corrected chi connectivity index (χ3v) is 7.60. The van der Waals surface area contributed by atoms with Crippen LogP contribution in [0.3, 0.4) is 0 Å². The summed E-state index contributed by atoms with van der Waals surface area (Å²) in [5.74, 6) is 0.596. The number of nitrogens with zero attached hydrogens (tertiary/aromatic N) is 1. The summed E-state index contributed by atoms with van der Waals surface area (Å²) in [5, 5.41) is 5.82. The molecule has 0 bridgehead atoms. The van der Waals surface area contributed by atoms with E-state index in [1.54, 1.807) is 0 Å². The van der Waals surface area contributed by atoms with Crippen LogP contribution in [0.25, 0.3) is 0 Å². The largest absolute Gasteiger partial charge is 0.445 e. The first-order valence-corrected chi connectivity index (χ1v) is 15.1. The second-order valence-electron chi connectivity index (χ2n) is 10.9. The first-order chi connectivity index (χ1) is 19.5. The van der Waals surface area contributed by atoms with Gasteiger partial charge in [-0.25, -0.2) is 4.79 Å². The SMILES string of the molecule is CCCCCCC(=O)NCCCC[C@H](NC(=O)OCc1ccccc1)C(=O)N1CCC(Cc2ccccc2)CC1. The molecule has 0 spiro atoms. The van der Waals surface area contributed by atoms with Crippen LogP contribution in [0, 0.1) is 5.92 Å². The predicted octanol–water partition coefficient (Wildman–Crippen LogP) is 6.02. The third-order valence-electron chi connectivity index (χ3n) is 7.60. The maximum Gasteiger partial charge on any atom is 0.408 e. The molecule has 2 N–H and O–H groups in total. The molecule has 1 heterocycles. The molecule has 1 saturated heterocycles. The number of nitrogens with one attached hydrogen (secondary N) is 2. The summed E-state index contributed by atoms with van der Waals surface area (Å²) < 4.78 is 5.42. The highest BCUT2D eigenvalue weighted by atomic mass is 16.5. The van der Waals surface area contributed by atoms with E-state index < -0.39 is 12.1 Å². The third kappa shape index (κ3) is 11.8. The Kier molecular flexibility index (Phi) is 14.1. The summed E-state index contributed by atoms with van der Waals surface area (Å²) in [6, 6.07) is 19.4. The molecule has 2 aromatic rings. The van der Waals surface area contributed by atoms with Gasteiger partial charge >= 0.3 is 6.09 Å². The fourth-order valence-electron chi connectivity index (χ4n) is 5.19. The van der Waals surface area contributed by atoms with Gasteiger partial charge in [0, 0.05) is 26.1 Å². The van der Waals surface area contributed by atoms with Crippen LogP contribution in [0.15, 0.2) is 60.7 Å². The fourth-order valence-corrected chi connectivity index (χ4v) is 5.19. The van der Waals surface area contributed by atoms with Crippen molar-refractivity contribution in [2.75, 3.05) is 19.6 Å². The minimum Gasteiger partial charge on any atom is -0.445 e. The molecule has 0 aliphatic carbocycles. The van der Waals surface area contributed by atoms with E-state index in [1.165, 1.54) is 5.56 Å². The molecule has 40 heavy (non-hydrogen) atoms. The number of rotatable bonds is 16. The smallest absolute Gasteiger partial charge is 0.408 e. The van der Waals surface area contributed by atoms with Gasteiger partial charge in [0.05, 0.1) is 0 Å². The summed E-state index contributed by atoms with van der Waals surface area (Å²) in [5.41, 5.74) is 2.23. The van der Waals surface area contributed by atoms with Gasteiger partial charge in [-0.05, 0) is 62.0 Å². The van der Waals surface area contributed by atoms with Crippen molar-refractivity contribution in [3.8, 4) is 0 Å². The van der Waals surface area contributed by atoms with Gasteiger partial charge in [-0.2, -0.15) is 0 Å². The Bertz CT molecular complexity index is 1010. The van der Waals surface area contributed by atoms with Crippen LogP contribution < -0.4 is 10.6 Å². The van der Waals surface area contributed by atoms with Gasteiger partial charge in [0.2, 0.25) is 11.8 Å². The molecule has 0 aromatic heterocycles. The zero-order valence-electron chi connectivity index (χ0n) is 24.1. The Hall–Kier alpha value is -3.35. The van der Waals surface area contributed by atoms with Gasteiger partial charge in [0.25, 0.3) is 0 Å². The number of likely N-dealkylation sites (tertiary alicyclic amines) is 1. The number of alkyl carbamates (subject to hydrolysis) is 1. The number of carbonyl (C=O) groups is 3. The second kappa shape index (κ2) is 18.1. The minimum atomic E-state index is -0.640. The monoisotopic (exact) mass is 549 g/mol. The van der Waals surface area contributed by atoms with Crippen molar-refractivity contribution in [3.05, 3.63) is 71.8 Å². The Balaban J connectivity index is 1.46. The van der Waals surface area contributed by atoms with Crippen molar-refractivity contribution < 1.29 is 19.1 Å². The van der Waals surface area contributed by atoms with Crippen molar-refractivity contribution >= 4 is 17.9 Å². The zero-order chi connectivity index (χ0) is 28.4. The molecule has 7 nitrogen and oxygen atoms in total. The first-order valence-electron chi connectivity index (χ1n) is 15.1. The van der Waals surface area contributed by atoms with Crippen LogP contribution in [0.1, 0.15) is 82.3 Å². The van der Waals surface area contributed by atoms with Crippen LogP contribution in [-0.4, -0.2) is 48.5 Å². The highest BCUT2D eigenvalue weighted by Gasteiger charge is 2.29. The maximum absolute atomic E-state index is 13.5. The lowest BCUT2D eigenvalue weighted by Gasteiger charge is -2.34. The number of ether oxygens (including phenoxy) is 1. The lowest BCUT2D eigenvalue weighted by molar-refractivity contribution is -0.135. The Morgan fingerprint density at radius 3 is 2.23 bits per heavy atom. The van der Waals surface area contributed by atoms with Gasteiger partial charge in [-0.1, -0.05) is 86.8 Å². The van der Waals surface area contributed by atoms with E-state index in [0.717, 1.165) is 63.4 Å². The summed E-state index contributed by atoms with van der Waals surface area (Å²) in [4.78, 5) is 40.1. The van der Waals surface area contributed by atoms with E-state index in [0.29, 0.717) is 38.4 Å². The van der Waals surface area contributed by atoms with Crippen molar-refractivity contribution in [3.63, 3.8) is 0 Å². The molecule has 3 amide bonds. The molecule has 1 aliphatic heterocycles. The fraction of sp³-hybridized carbons (Fsp3) is 0.545. The molecule has 1 fully saturated rings. The van der Waals surface area contributed by atoms with Crippen molar-refractivity contribution in [1.29, 1.82) is 0 Å².